The number of nitrogens with zero attached hydrogens (tertiary/aromatic N) is 1. The van der Waals surface area contributed by atoms with Crippen molar-refractivity contribution in [1.29, 1.82) is 5.26 Å². The molecule has 0 saturated heterocycles. The predicted molar refractivity (Wildman–Crippen MR) is 116 cm³/mol. The molecule has 0 aliphatic heterocycles. The SMILES string of the molecule is CSCCC(O)c1ccc(C2C(C/C=C\CCCC(=O)O)[C@H](C#N)C[C@H]2O)cc1. The molecule has 0 spiro atoms. The summed E-state index contributed by atoms with van der Waals surface area (Å²) in [5, 5.41) is 39.1. The van der Waals surface area contributed by atoms with Gasteiger partial charge in [0.2, 0.25) is 0 Å². The fourth-order valence-electron chi connectivity index (χ4n) is 4.12. The number of hydrogen-bond acceptors (Lipinski definition) is 5. The third-order valence-corrected chi connectivity index (χ3v) is 6.34. The number of allylic oxidation sites excluding steroid dienone is 2. The summed E-state index contributed by atoms with van der Waals surface area (Å²) >= 11 is 1.71. The Hall–Kier alpha value is -1.81. The Balaban J connectivity index is 2.05. The molecule has 2 rings (SSSR count). The van der Waals surface area contributed by atoms with Gasteiger partial charge in [0.25, 0.3) is 0 Å². The Morgan fingerprint density at radius 2 is 2.07 bits per heavy atom. The molecule has 0 radical (unpaired) electrons. The Morgan fingerprint density at radius 1 is 1.34 bits per heavy atom. The number of benzene rings is 1. The van der Waals surface area contributed by atoms with Gasteiger partial charge < -0.3 is 15.3 Å². The molecule has 3 N–H and O–H groups in total. The lowest BCUT2D eigenvalue weighted by Gasteiger charge is -2.23. The standard InChI is InChI=1S/C23H31NO4S/c1-29-13-12-20(25)16-8-10-17(11-9-16)23-19(18(15-24)14-21(23)26)6-4-2-3-5-7-22(27)28/h2,4,8-11,18-21,23,25-26H,3,5-7,12-14H2,1H3,(H,27,28)/b4-2-/t18-,19?,20?,21+,23?/m0/s1. The normalized spacial score (nSPS) is 25.2. The molecule has 1 saturated carbocycles. The van der Waals surface area contributed by atoms with Crippen LogP contribution in [-0.4, -0.2) is 39.4 Å². The van der Waals surface area contributed by atoms with E-state index in [1.54, 1.807) is 11.8 Å². The second-order valence-corrected chi connectivity index (χ2v) is 8.67. The van der Waals surface area contributed by atoms with E-state index in [0.717, 1.165) is 16.9 Å². The molecule has 0 aromatic heterocycles. The summed E-state index contributed by atoms with van der Waals surface area (Å²) in [6, 6.07) is 10.1. The van der Waals surface area contributed by atoms with Crippen molar-refractivity contribution < 1.29 is 20.1 Å². The lowest BCUT2D eigenvalue weighted by molar-refractivity contribution is -0.137. The number of carboxylic acids is 1. The Labute approximate surface area is 177 Å². The smallest absolute Gasteiger partial charge is 0.303 e. The van der Waals surface area contributed by atoms with Gasteiger partial charge in [-0.05, 0) is 61.2 Å². The summed E-state index contributed by atoms with van der Waals surface area (Å²) in [4.78, 5) is 10.6. The Bertz CT molecular complexity index is 713. The van der Waals surface area contributed by atoms with Gasteiger partial charge in [0, 0.05) is 12.3 Å². The van der Waals surface area contributed by atoms with Crippen LogP contribution in [0.2, 0.25) is 0 Å². The monoisotopic (exact) mass is 417 g/mol. The molecule has 0 amide bonds. The number of aliphatic carboxylic acids is 1. The summed E-state index contributed by atoms with van der Waals surface area (Å²) < 4.78 is 0. The van der Waals surface area contributed by atoms with Gasteiger partial charge in [-0.15, -0.1) is 0 Å². The van der Waals surface area contributed by atoms with E-state index in [1.165, 1.54) is 0 Å². The molecule has 1 aromatic rings. The maximum absolute atomic E-state index is 10.6. The van der Waals surface area contributed by atoms with E-state index in [-0.39, 0.29) is 24.2 Å². The van der Waals surface area contributed by atoms with Gasteiger partial charge in [0.15, 0.2) is 0 Å². The zero-order chi connectivity index (χ0) is 21.2. The summed E-state index contributed by atoms with van der Waals surface area (Å²) in [6.45, 7) is 0. The second kappa shape index (κ2) is 12.0. The number of carbonyl (C=O) groups is 1. The first-order chi connectivity index (χ1) is 14.0. The molecule has 1 aliphatic carbocycles. The third-order valence-electron chi connectivity index (χ3n) is 5.69. The fraction of sp³-hybridized carbons (Fsp3) is 0.565. The fourth-order valence-corrected chi connectivity index (χ4v) is 4.58. The van der Waals surface area contributed by atoms with Crippen molar-refractivity contribution in [3.05, 3.63) is 47.5 Å². The number of hydrogen-bond donors (Lipinski definition) is 3. The lowest BCUT2D eigenvalue weighted by atomic mass is 9.82. The molecule has 1 fully saturated rings. The number of aliphatic hydroxyl groups is 2. The van der Waals surface area contributed by atoms with Crippen molar-refractivity contribution in [2.45, 2.75) is 56.7 Å². The van der Waals surface area contributed by atoms with E-state index in [1.807, 2.05) is 42.7 Å². The van der Waals surface area contributed by atoms with Crippen LogP contribution in [0.1, 0.15) is 61.7 Å². The number of nitriles is 1. The molecule has 5 atom stereocenters. The van der Waals surface area contributed by atoms with E-state index in [2.05, 4.69) is 6.07 Å². The number of carboxylic acid groups (broad SMARTS) is 1. The average Bonchev–Trinajstić information content (AvgIpc) is 3.03. The van der Waals surface area contributed by atoms with Crippen LogP contribution < -0.4 is 0 Å². The highest BCUT2D eigenvalue weighted by atomic mass is 32.2. The lowest BCUT2D eigenvalue weighted by Crippen LogP contribution is -2.18. The first-order valence-electron chi connectivity index (χ1n) is 10.2. The summed E-state index contributed by atoms with van der Waals surface area (Å²) in [5.74, 6) is -0.178. The van der Waals surface area contributed by atoms with Crippen molar-refractivity contribution >= 4 is 17.7 Å². The maximum Gasteiger partial charge on any atom is 0.303 e. The van der Waals surface area contributed by atoms with Crippen LogP contribution in [0.4, 0.5) is 0 Å². The van der Waals surface area contributed by atoms with Crippen molar-refractivity contribution in [2.75, 3.05) is 12.0 Å². The molecular formula is C23H31NO4S. The molecule has 1 aliphatic rings. The van der Waals surface area contributed by atoms with Gasteiger partial charge in [-0.3, -0.25) is 4.79 Å². The van der Waals surface area contributed by atoms with E-state index in [9.17, 15) is 20.3 Å². The minimum absolute atomic E-state index is 0.0259. The van der Waals surface area contributed by atoms with E-state index in [0.29, 0.717) is 32.1 Å². The van der Waals surface area contributed by atoms with Crippen LogP contribution in [0.15, 0.2) is 36.4 Å². The number of unbranched alkanes of at least 4 members (excludes halogenated alkanes) is 1. The molecule has 6 heteroatoms. The highest BCUT2D eigenvalue weighted by Crippen LogP contribution is 2.45. The molecule has 5 nitrogen and oxygen atoms in total. The molecule has 29 heavy (non-hydrogen) atoms. The maximum atomic E-state index is 10.6. The second-order valence-electron chi connectivity index (χ2n) is 7.69. The Morgan fingerprint density at radius 3 is 2.69 bits per heavy atom. The van der Waals surface area contributed by atoms with Crippen molar-refractivity contribution in [1.82, 2.24) is 0 Å². The summed E-state index contributed by atoms with van der Waals surface area (Å²) in [7, 11) is 0. The van der Waals surface area contributed by atoms with E-state index >= 15 is 0 Å². The van der Waals surface area contributed by atoms with Crippen LogP contribution in [0.3, 0.4) is 0 Å². The van der Waals surface area contributed by atoms with Crippen LogP contribution in [0.5, 0.6) is 0 Å². The van der Waals surface area contributed by atoms with Gasteiger partial charge in [0.05, 0.1) is 24.2 Å². The average molecular weight is 418 g/mol. The molecular weight excluding hydrogens is 386 g/mol. The highest BCUT2D eigenvalue weighted by Gasteiger charge is 2.42. The van der Waals surface area contributed by atoms with Crippen LogP contribution >= 0.6 is 11.8 Å². The van der Waals surface area contributed by atoms with Gasteiger partial charge in [-0.2, -0.15) is 17.0 Å². The number of aliphatic hydroxyl groups excluding tert-OH is 2. The van der Waals surface area contributed by atoms with Crippen molar-refractivity contribution in [2.24, 2.45) is 11.8 Å². The van der Waals surface area contributed by atoms with E-state index in [4.69, 9.17) is 5.11 Å². The largest absolute Gasteiger partial charge is 0.481 e. The minimum Gasteiger partial charge on any atom is -0.481 e. The highest BCUT2D eigenvalue weighted by molar-refractivity contribution is 7.98. The van der Waals surface area contributed by atoms with E-state index < -0.39 is 18.2 Å². The predicted octanol–water partition coefficient (Wildman–Crippen LogP) is 4.28. The van der Waals surface area contributed by atoms with Gasteiger partial charge in [-0.1, -0.05) is 36.4 Å². The zero-order valence-electron chi connectivity index (χ0n) is 16.9. The molecule has 3 unspecified atom stereocenters. The Kier molecular flexibility index (Phi) is 9.72. The first-order valence-corrected chi connectivity index (χ1v) is 11.6. The van der Waals surface area contributed by atoms with Crippen LogP contribution in [-0.2, 0) is 4.79 Å². The summed E-state index contributed by atoms with van der Waals surface area (Å²) in [5.41, 5.74) is 1.88. The van der Waals surface area contributed by atoms with Crippen LogP contribution in [0.25, 0.3) is 0 Å². The molecule has 0 bridgehead atoms. The topological polar surface area (TPSA) is 102 Å². The van der Waals surface area contributed by atoms with Gasteiger partial charge in [0.1, 0.15) is 0 Å². The van der Waals surface area contributed by atoms with Gasteiger partial charge >= 0.3 is 5.97 Å². The zero-order valence-corrected chi connectivity index (χ0v) is 17.7. The van der Waals surface area contributed by atoms with Gasteiger partial charge in [-0.25, -0.2) is 0 Å². The molecule has 1 aromatic carbocycles. The molecule has 0 heterocycles. The first kappa shape index (κ1) is 23.5. The van der Waals surface area contributed by atoms with Crippen molar-refractivity contribution in [3.63, 3.8) is 0 Å². The number of rotatable bonds is 11. The molecule has 158 valence electrons. The third kappa shape index (κ3) is 6.88. The summed E-state index contributed by atoms with van der Waals surface area (Å²) in [6.07, 6.45) is 8.29. The van der Waals surface area contributed by atoms with Crippen molar-refractivity contribution in [3.8, 4) is 6.07 Å². The quantitative estimate of drug-likeness (QED) is 0.367. The number of thioether (sulfide) groups is 1. The van der Waals surface area contributed by atoms with Crippen LogP contribution in [0, 0.1) is 23.2 Å². The minimum atomic E-state index is -0.788.